The molecule has 2 fully saturated rings. The summed E-state index contributed by atoms with van der Waals surface area (Å²) in [6, 6.07) is 0.106. The van der Waals surface area contributed by atoms with Crippen LogP contribution in [0.2, 0.25) is 0 Å². The maximum absolute atomic E-state index is 11.2. The van der Waals surface area contributed by atoms with Gasteiger partial charge < -0.3 is 10.8 Å². The summed E-state index contributed by atoms with van der Waals surface area (Å²) in [6.45, 7) is 0. The van der Waals surface area contributed by atoms with E-state index in [1.807, 2.05) is 0 Å². The quantitative estimate of drug-likeness (QED) is 0.828. The van der Waals surface area contributed by atoms with Gasteiger partial charge in [-0.15, -0.1) is 12.4 Å². The van der Waals surface area contributed by atoms with E-state index in [4.69, 9.17) is 5.73 Å². The Hall–Kier alpha value is -0.280. The van der Waals surface area contributed by atoms with Crippen LogP contribution >= 0.6 is 12.4 Å². The van der Waals surface area contributed by atoms with E-state index in [-0.39, 0.29) is 30.3 Å². The van der Waals surface area contributed by atoms with Gasteiger partial charge in [0.25, 0.3) is 0 Å². The number of carboxylic acids is 1. The summed E-state index contributed by atoms with van der Waals surface area (Å²) in [6.07, 6.45) is 12.2. The van der Waals surface area contributed by atoms with Crippen LogP contribution in [0, 0.1) is 11.3 Å². The standard InChI is InChI=1S/C15H27NO2.ClH/c16-14(12-7-3-1-4-8-12)15(11-13(17)18)9-5-2-6-10-15;/h12,14H,1-11,16H2,(H,17,18);1H. The minimum Gasteiger partial charge on any atom is -0.481 e. The summed E-state index contributed by atoms with van der Waals surface area (Å²) in [7, 11) is 0. The first kappa shape index (κ1) is 16.8. The van der Waals surface area contributed by atoms with Crippen molar-refractivity contribution < 1.29 is 9.90 Å². The Bertz CT molecular complexity index is 284. The zero-order valence-corrected chi connectivity index (χ0v) is 12.6. The second kappa shape index (κ2) is 7.49. The van der Waals surface area contributed by atoms with Gasteiger partial charge in [-0.05, 0) is 37.0 Å². The molecule has 0 aromatic rings. The number of nitrogens with two attached hydrogens (primary N) is 1. The molecule has 0 radical (unpaired) electrons. The predicted octanol–water partition coefficient (Wildman–Crippen LogP) is 3.74. The van der Waals surface area contributed by atoms with Crippen molar-refractivity contribution in [2.75, 3.05) is 0 Å². The van der Waals surface area contributed by atoms with E-state index < -0.39 is 5.97 Å². The van der Waals surface area contributed by atoms with Gasteiger partial charge in [-0.2, -0.15) is 0 Å². The maximum Gasteiger partial charge on any atom is 0.303 e. The summed E-state index contributed by atoms with van der Waals surface area (Å²) in [4.78, 5) is 11.2. The maximum atomic E-state index is 11.2. The number of hydrogen-bond acceptors (Lipinski definition) is 2. The molecule has 0 saturated heterocycles. The van der Waals surface area contributed by atoms with Crippen molar-refractivity contribution in [3.8, 4) is 0 Å². The van der Waals surface area contributed by atoms with Crippen molar-refractivity contribution in [2.45, 2.75) is 76.7 Å². The Balaban J connectivity index is 0.00000180. The van der Waals surface area contributed by atoms with Gasteiger partial charge in [0.2, 0.25) is 0 Å². The van der Waals surface area contributed by atoms with Crippen LogP contribution in [0.15, 0.2) is 0 Å². The largest absolute Gasteiger partial charge is 0.481 e. The summed E-state index contributed by atoms with van der Waals surface area (Å²) in [5.74, 6) is -0.0978. The summed E-state index contributed by atoms with van der Waals surface area (Å²) >= 11 is 0. The van der Waals surface area contributed by atoms with E-state index >= 15 is 0 Å². The minimum absolute atomic E-state index is 0. The highest BCUT2D eigenvalue weighted by Crippen LogP contribution is 2.46. The van der Waals surface area contributed by atoms with E-state index in [0.29, 0.717) is 5.92 Å². The molecule has 19 heavy (non-hydrogen) atoms. The molecule has 3 N–H and O–H groups in total. The SMILES string of the molecule is Cl.NC(C1CCCCC1)C1(CC(=O)O)CCCCC1. The summed E-state index contributed by atoms with van der Waals surface area (Å²) in [5, 5.41) is 9.22. The van der Waals surface area contributed by atoms with Gasteiger partial charge in [0.1, 0.15) is 0 Å². The molecule has 3 nitrogen and oxygen atoms in total. The van der Waals surface area contributed by atoms with Crippen molar-refractivity contribution in [1.29, 1.82) is 0 Å². The van der Waals surface area contributed by atoms with E-state index in [2.05, 4.69) is 0 Å². The highest BCUT2D eigenvalue weighted by Gasteiger charge is 2.43. The van der Waals surface area contributed by atoms with Crippen LogP contribution in [-0.4, -0.2) is 17.1 Å². The second-order valence-electron chi connectivity index (χ2n) is 6.42. The second-order valence-corrected chi connectivity index (χ2v) is 6.42. The fourth-order valence-corrected chi connectivity index (χ4v) is 4.18. The molecular weight excluding hydrogens is 262 g/mol. The van der Waals surface area contributed by atoms with Crippen molar-refractivity contribution in [1.82, 2.24) is 0 Å². The van der Waals surface area contributed by atoms with Crippen LogP contribution in [-0.2, 0) is 4.79 Å². The fourth-order valence-electron chi connectivity index (χ4n) is 4.18. The number of halogens is 1. The first-order valence-electron chi connectivity index (χ1n) is 7.61. The molecule has 0 heterocycles. The van der Waals surface area contributed by atoms with Crippen LogP contribution in [0.3, 0.4) is 0 Å². The lowest BCUT2D eigenvalue weighted by molar-refractivity contribution is -0.141. The third-order valence-electron chi connectivity index (χ3n) is 5.22. The lowest BCUT2D eigenvalue weighted by Crippen LogP contribution is -2.49. The predicted molar refractivity (Wildman–Crippen MR) is 79.6 cm³/mol. The molecule has 1 atom stereocenters. The number of rotatable bonds is 4. The summed E-state index contributed by atoms with van der Waals surface area (Å²) < 4.78 is 0. The third-order valence-corrected chi connectivity index (χ3v) is 5.22. The number of carboxylic acid groups (broad SMARTS) is 1. The zero-order valence-electron chi connectivity index (χ0n) is 11.8. The van der Waals surface area contributed by atoms with Crippen LogP contribution in [0.25, 0.3) is 0 Å². The Morgan fingerprint density at radius 1 is 1.11 bits per heavy atom. The van der Waals surface area contributed by atoms with Crippen molar-refractivity contribution in [2.24, 2.45) is 17.1 Å². The van der Waals surface area contributed by atoms with Crippen LogP contribution in [0.1, 0.15) is 70.6 Å². The van der Waals surface area contributed by atoms with Crippen LogP contribution in [0.4, 0.5) is 0 Å². The highest BCUT2D eigenvalue weighted by molar-refractivity contribution is 5.85. The molecule has 0 spiro atoms. The zero-order chi connectivity index (χ0) is 13.0. The molecule has 2 aliphatic carbocycles. The molecule has 0 amide bonds. The Morgan fingerprint density at radius 3 is 2.16 bits per heavy atom. The molecule has 1 unspecified atom stereocenters. The molecule has 0 aromatic carbocycles. The van der Waals surface area contributed by atoms with Gasteiger partial charge in [0, 0.05) is 6.04 Å². The van der Waals surface area contributed by atoms with E-state index in [9.17, 15) is 9.90 Å². The van der Waals surface area contributed by atoms with Gasteiger partial charge in [0.15, 0.2) is 0 Å². The van der Waals surface area contributed by atoms with E-state index in [1.165, 1.54) is 38.5 Å². The van der Waals surface area contributed by atoms with Crippen LogP contribution in [0.5, 0.6) is 0 Å². The van der Waals surface area contributed by atoms with Gasteiger partial charge in [0.05, 0.1) is 6.42 Å². The first-order chi connectivity index (χ1) is 8.64. The molecular formula is C15H28ClNO2. The molecule has 0 bridgehead atoms. The average molecular weight is 290 g/mol. The van der Waals surface area contributed by atoms with Crippen molar-refractivity contribution in [3.05, 3.63) is 0 Å². The van der Waals surface area contributed by atoms with Gasteiger partial charge in [-0.3, -0.25) is 4.79 Å². The molecule has 2 aliphatic rings. The topological polar surface area (TPSA) is 63.3 Å². The van der Waals surface area contributed by atoms with Crippen molar-refractivity contribution >= 4 is 18.4 Å². The molecule has 0 aliphatic heterocycles. The minimum atomic E-state index is -0.664. The third kappa shape index (κ3) is 4.09. The smallest absolute Gasteiger partial charge is 0.303 e. The monoisotopic (exact) mass is 289 g/mol. The Labute approximate surface area is 122 Å². The van der Waals surface area contributed by atoms with Crippen molar-refractivity contribution in [3.63, 3.8) is 0 Å². The normalized spacial score (nSPS) is 25.3. The fraction of sp³-hybridized carbons (Fsp3) is 0.933. The lowest BCUT2D eigenvalue weighted by Gasteiger charge is -2.45. The van der Waals surface area contributed by atoms with E-state index in [0.717, 1.165) is 25.7 Å². The molecule has 0 aromatic heterocycles. The summed E-state index contributed by atoms with van der Waals surface area (Å²) in [5.41, 5.74) is 6.44. The number of carbonyl (C=O) groups is 1. The number of hydrogen-bond donors (Lipinski definition) is 2. The molecule has 2 rings (SSSR count). The first-order valence-corrected chi connectivity index (χ1v) is 7.61. The molecule has 2 saturated carbocycles. The molecule has 4 heteroatoms. The van der Waals surface area contributed by atoms with Crippen LogP contribution < -0.4 is 5.73 Å². The average Bonchev–Trinajstić information content (AvgIpc) is 2.39. The van der Waals surface area contributed by atoms with Gasteiger partial charge >= 0.3 is 5.97 Å². The van der Waals surface area contributed by atoms with Gasteiger partial charge in [-0.1, -0.05) is 38.5 Å². The Morgan fingerprint density at radius 2 is 1.63 bits per heavy atom. The highest BCUT2D eigenvalue weighted by atomic mass is 35.5. The number of aliphatic carboxylic acids is 1. The van der Waals surface area contributed by atoms with E-state index in [1.54, 1.807) is 0 Å². The Kier molecular flexibility index (Phi) is 6.61. The molecule has 112 valence electrons. The van der Waals surface area contributed by atoms with Gasteiger partial charge in [-0.25, -0.2) is 0 Å². The lowest BCUT2D eigenvalue weighted by atomic mass is 9.62.